The minimum Gasteiger partial charge on any atom is -0.480 e. The Morgan fingerprint density at radius 2 is 2.00 bits per heavy atom. The van der Waals surface area contributed by atoms with Crippen molar-refractivity contribution >= 4 is 85.6 Å². The van der Waals surface area contributed by atoms with Crippen LogP contribution in [-0.2, 0) is 17.8 Å². The first-order valence-corrected chi connectivity index (χ1v) is 15.8. The molecule has 1 aromatic carbocycles. The van der Waals surface area contributed by atoms with Gasteiger partial charge in [0.2, 0.25) is 0 Å². The fourth-order valence-corrected chi connectivity index (χ4v) is 5.12. The predicted molar refractivity (Wildman–Crippen MR) is 163 cm³/mol. The van der Waals surface area contributed by atoms with Gasteiger partial charge >= 0.3 is 0 Å². The number of alkyl halides is 3. The van der Waals surface area contributed by atoms with Crippen LogP contribution in [0.25, 0.3) is 6.08 Å². The first-order valence-electron chi connectivity index (χ1n) is 11.3. The molecule has 10 heteroatoms. The monoisotopic (exact) mass is 801 g/mol. The normalized spacial score (nSPS) is 15.5. The van der Waals surface area contributed by atoms with Crippen molar-refractivity contribution in [3.05, 3.63) is 53.5 Å². The maximum atomic E-state index is 13.3. The van der Waals surface area contributed by atoms with Crippen LogP contribution in [0, 0.1) is 5.92 Å². The van der Waals surface area contributed by atoms with E-state index in [0.29, 0.717) is 33.0 Å². The third-order valence-electron chi connectivity index (χ3n) is 5.34. The van der Waals surface area contributed by atoms with Crippen molar-refractivity contribution in [3.63, 3.8) is 0 Å². The summed E-state index contributed by atoms with van der Waals surface area (Å²) in [4.78, 5) is 24.7. The molecule has 0 saturated carbocycles. The molecule has 3 rings (SSSR count). The van der Waals surface area contributed by atoms with E-state index in [-0.39, 0.29) is 5.91 Å². The van der Waals surface area contributed by atoms with E-state index in [1.807, 2.05) is 30.3 Å². The Morgan fingerprint density at radius 3 is 2.71 bits per heavy atom. The smallest absolute Gasteiger partial charge is 0.265 e. The number of carbonyl (C=O) groups is 1. The van der Waals surface area contributed by atoms with E-state index in [4.69, 9.17) is 14.7 Å². The molecule has 1 amide bonds. The van der Waals surface area contributed by atoms with Gasteiger partial charge in [0, 0.05) is 21.1 Å². The zero-order valence-electron chi connectivity index (χ0n) is 19.1. The molecule has 0 fully saturated rings. The Kier molecular flexibility index (Phi) is 12.1. The third kappa shape index (κ3) is 8.15. The summed E-state index contributed by atoms with van der Waals surface area (Å²) in [5, 5.41) is 6.86. The number of rotatable bonds is 13. The maximum Gasteiger partial charge on any atom is 0.265 e. The summed E-state index contributed by atoms with van der Waals surface area (Å²) in [7, 11) is 0. The quantitative estimate of drug-likeness (QED) is 0.128. The van der Waals surface area contributed by atoms with Gasteiger partial charge in [0.1, 0.15) is 11.6 Å². The number of nitrogens with one attached hydrogen (secondary N) is 2. The van der Waals surface area contributed by atoms with Crippen LogP contribution in [0.1, 0.15) is 30.4 Å². The van der Waals surface area contributed by atoms with E-state index in [1.165, 1.54) is 0 Å². The van der Waals surface area contributed by atoms with Crippen molar-refractivity contribution < 1.29 is 9.53 Å². The lowest BCUT2D eigenvalue weighted by Gasteiger charge is -2.26. The van der Waals surface area contributed by atoms with Gasteiger partial charge in [-0.05, 0) is 43.5 Å². The number of allylic oxidation sites excluding steroid dienone is 1. The number of anilines is 1. The van der Waals surface area contributed by atoms with Gasteiger partial charge in [-0.2, -0.15) is 0 Å². The maximum absolute atomic E-state index is 13.3. The molecule has 1 aliphatic rings. The molecule has 0 saturated heterocycles. The van der Waals surface area contributed by atoms with E-state index < -0.39 is 6.10 Å². The molecule has 184 valence electrons. The van der Waals surface area contributed by atoms with Crippen molar-refractivity contribution in [2.45, 2.75) is 32.4 Å². The Balaban J connectivity index is 1.76. The van der Waals surface area contributed by atoms with Crippen LogP contribution in [0.15, 0.2) is 36.4 Å². The van der Waals surface area contributed by atoms with Crippen molar-refractivity contribution in [2.75, 3.05) is 31.9 Å². The van der Waals surface area contributed by atoms with Crippen LogP contribution in [0.4, 0.5) is 5.82 Å². The summed E-state index contributed by atoms with van der Waals surface area (Å²) in [6.45, 7) is 4.34. The lowest BCUT2D eigenvalue weighted by Crippen LogP contribution is -2.42. The predicted octanol–water partition coefficient (Wildman–Crippen LogP) is 5.07. The van der Waals surface area contributed by atoms with Crippen molar-refractivity contribution in [1.82, 2.24) is 20.2 Å². The zero-order chi connectivity index (χ0) is 24.3. The summed E-state index contributed by atoms with van der Waals surface area (Å²) >= 11 is 6.73. The molecule has 0 aliphatic heterocycles. The molecule has 1 aromatic heterocycles. The summed E-state index contributed by atoms with van der Waals surface area (Å²) < 4.78 is 8.01. The highest BCUT2D eigenvalue weighted by molar-refractivity contribution is 14.1. The molecule has 1 aliphatic carbocycles. The molecule has 2 aromatic rings. The molecule has 0 radical (unpaired) electrons. The van der Waals surface area contributed by atoms with Crippen molar-refractivity contribution in [2.24, 2.45) is 5.92 Å². The summed E-state index contributed by atoms with van der Waals surface area (Å²) in [5.74, 6) is 2.62. The molecular formula is C24H30I3N5O2. The van der Waals surface area contributed by atoms with Gasteiger partial charge in [-0.25, -0.2) is 9.97 Å². The highest BCUT2D eigenvalue weighted by Crippen LogP contribution is 2.27. The van der Waals surface area contributed by atoms with Gasteiger partial charge in [-0.1, -0.05) is 99.0 Å². The van der Waals surface area contributed by atoms with Crippen LogP contribution in [-0.4, -0.2) is 53.5 Å². The first-order chi connectivity index (χ1) is 16.5. The fourth-order valence-electron chi connectivity index (χ4n) is 3.60. The second-order valence-electron chi connectivity index (χ2n) is 8.04. The minimum atomic E-state index is -0.556. The van der Waals surface area contributed by atoms with E-state index in [2.05, 4.69) is 97.5 Å². The van der Waals surface area contributed by atoms with Crippen molar-refractivity contribution in [3.8, 4) is 5.75 Å². The Morgan fingerprint density at radius 1 is 1.21 bits per heavy atom. The number of hydrogen-bond donors (Lipinski definition) is 2. The third-order valence-corrected chi connectivity index (χ3v) is 7.50. The first kappa shape index (κ1) is 27.8. The standard InChI is InChI=1S/C24H30I3N5O2/c1-17-8-9-20-19(12-17)23(29-11-5-10-28-15-26)31-22(30-20)14-32(16-27)24(33)21(13-25)34-18-6-3-2-4-7-18/h2-4,6-9,17,21,28H,5,10-16H2,1H3,(H,29,30,31). The summed E-state index contributed by atoms with van der Waals surface area (Å²) in [6, 6.07) is 9.48. The molecule has 34 heavy (non-hydrogen) atoms. The number of ether oxygens (including phenoxy) is 1. The van der Waals surface area contributed by atoms with Crippen LogP contribution >= 0.6 is 67.8 Å². The average Bonchev–Trinajstić information content (AvgIpc) is 2.86. The number of hydrogen-bond acceptors (Lipinski definition) is 6. The van der Waals surface area contributed by atoms with Crippen LogP contribution in [0.3, 0.4) is 0 Å². The number of halogens is 3. The Labute approximate surface area is 242 Å². The molecule has 0 spiro atoms. The number of para-hydroxylation sites is 1. The highest BCUT2D eigenvalue weighted by atomic mass is 127. The largest absolute Gasteiger partial charge is 0.480 e. The lowest BCUT2D eigenvalue weighted by molar-refractivity contribution is -0.137. The van der Waals surface area contributed by atoms with Gasteiger partial charge in [0.15, 0.2) is 11.9 Å². The molecule has 7 nitrogen and oxygen atoms in total. The number of amides is 1. The number of nitrogens with zero attached hydrogens (tertiary/aromatic N) is 3. The van der Waals surface area contributed by atoms with E-state index in [0.717, 1.165) is 47.6 Å². The van der Waals surface area contributed by atoms with Gasteiger partial charge in [-0.15, -0.1) is 0 Å². The molecule has 2 unspecified atom stereocenters. The SMILES string of the molecule is CC1C=Cc2nc(CN(CI)C(=O)C(CI)Oc3ccccc3)nc(NCCCNCI)c2C1. The van der Waals surface area contributed by atoms with Gasteiger partial charge in [0.05, 0.1) is 16.8 Å². The van der Waals surface area contributed by atoms with E-state index in [9.17, 15) is 4.79 Å². The second-order valence-corrected chi connectivity index (χ2v) is 10.4. The molecule has 0 bridgehead atoms. The highest BCUT2D eigenvalue weighted by Gasteiger charge is 2.26. The number of fused-ring (bicyclic) bond motifs is 1. The molecular weight excluding hydrogens is 771 g/mol. The van der Waals surface area contributed by atoms with Crippen LogP contribution < -0.4 is 15.4 Å². The summed E-state index contributed by atoms with van der Waals surface area (Å²) in [5.41, 5.74) is 2.10. The average molecular weight is 801 g/mol. The lowest BCUT2D eigenvalue weighted by atomic mass is 9.94. The fraction of sp³-hybridized carbons (Fsp3) is 0.458. The van der Waals surface area contributed by atoms with E-state index in [1.54, 1.807) is 4.90 Å². The van der Waals surface area contributed by atoms with Gasteiger partial charge in [-0.3, -0.25) is 4.79 Å². The molecule has 1 heterocycles. The van der Waals surface area contributed by atoms with Crippen molar-refractivity contribution in [1.29, 1.82) is 0 Å². The number of aromatic nitrogens is 2. The summed E-state index contributed by atoms with van der Waals surface area (Å²) in [6.07, 6.45) is 5.64. The zero-order valence-corrected chi connectivity index (χ0v) is 25.6. The van der Waals surface area contributed by atoms with Crippen LogP contribution in [0.5, 0.6) is 5.75 Å². The number of carbonyl (C=O) groups excluding carboxylic acids is 1. The second kappa shape index (κ2) is 14.7. The topological polar surface area (TPSA) is 79.4 Å². The van der Waals surface area contributed by atoms with Gasteiger partial charge in [0.25, 0.3) is 5.91 Å². The molecule has 2 N–H and O–H groups in total. The minimum absolute atomic E-state index is 0.0579. The van der Waals surface area contributed by atoms with Crippen LogP contribution in [0.2, 0.25) is 0 Å². The number of benzene rings is 1. The molecule has 2 atom stereocenters. The Hall–Kier alpha value is -0.740. The Bertz CT molecular complexity index is 961. The van der Waals surface area contributed by atoms with E-state index >= 15 is 0 Å². The van der Waals surface area contributed by atoms with Gasteiger partial charge < -0.3 is 20.3 Å².